The lowest BCUT2D eigenvalue weighted by molar-refractivity contribution is -0.136. The maximum atomic E-state index is 12.0. The molecule has 1 aromatic heterocycles. The second kappa shape index (κ2) is 6.97. The van der Waals surface area contributed by atoms with Crippen molar-refractivity contribution in [3.8, 4) is 0 Å². The van der Waals surface area contributed by atoms with E-state index in [1.54, 1.807) is 18.3 Å². The summed E-state index contributed by atoms with van der Waals surface area (Å²) in [5.41, 5.74) is 1.43. The Morgan fingerprint density at radius 1 is 1.29 bits per heavy atom. The van der Waals surface area contributed by atoms with Crippen LogP contribution in [0.2, 0.25) is 0 Å². The van der Waals surface area contributed by atoms with E-state index < -0.39 is 11.8 Å². The summed E-state index contributed by atoms with van der Waals surface area (Å²) in [4.78, 5) is 30.5. The van der Waals surface area contributed by atoms with Crippen molar-refractivity contribution in [2.75, 3.05) is 18.9 Å². The zero-order valence-corrected chi connectivity index (χ0v) is 14.0. The Kier molecular flexibility index (Phi) is 4.76. The molecule has 0 spiro atoms. The zero-order valence-electron chi connectivity index (χ0n) is 14.0. The number of nitrogens with zero attached hydrogens (tertiary/aromatic N) is 2. The lowest BCUT2D eigenvalue weighted by atomic mass is 10.2. The summed E-state index contributed by atoms with van der Waals surface area (Å²) < 4.78 is 0. The van der Waals surface area contributed by atoms with Crippen LogP contribution in [-0.2, 0) is 9.59 Å². The molecule has 0 unspecified atom stereocenters. The van der Waals surface area contributed by atoms with Crippen LogP contribution in [0.4, 0.5) is 5.69 Å². The van der Waals surface area contributed by atoms with Crippen LogP contribution in [0.15, 0.2) is 36.5 Å². The molecule has 1 saturated carbocycles. The number of anilines is 1. The largest absolute Gasteiger partial charge is 0.346 e. The standard InChI is InChI=1S/C18H22N4O2/c1-12(22(2)15-6-7-15)11-20-17(23)18(24)21-14-5-8-16-13(10-14)4-3-9-19-16/h3-5,8-10,12,15H,6-7,11H2,1-2H3,(H,20,23)(H,21,24)/t12-/m0/s1. The molecule has 1 aliphatic carbocycles. The third-order valence-corrected chi connectivity index (χ3v) is 4.44. The second-order valence-corrected chi connectivity index (χ2v) is 6.32. The number of likely N-dealkylation sites (N-methyl/N-ethyl adjacent to an activating group) is 1. The molecule has 1 aliphatic rings. The number of carbonyl (C=O) groups excluding carboxylic acids is 2. The number of amides is 2. The average molecular weight is 326 g/mol. The van der Waals surface area contributed by atoms with E-state index >= 15 is 0 Å². The number of rotatable bonds is 5. The number of carbonyl (C=O) groups is 2. The van der Waals surface area contributed by atoms with Crippen molar-refractivity contribution in [2.24, 2.45) is 0 Å². The predicted molar refractivity (Wildman–Crippen MR) is 93.6 cm³/mol. The summed E-state index contributed by atoms with van der Waals surface area (Å²) in [5, 5.41) is 6.24. The summed E-state index contributed by atoms with van der Waals surface area (Å²) in [6.07, 6.45) is 4.14. The summed E-state index contributed by atoms with van der Waals surface area (Å²) in [6.45, 7) is 2.51. The van der Waals surface area contributed by atoms with E-state index in [9.17, 15) is 9.59 Å². The number of fused-ring (bicyclic) bond motifs is 1. The van der Waals surface area contributed by atoms with E-state index in [1.165, 1.54) is 12.8 Å². The van der Waals surface area contributed by atoms with E-state index in [0.717, 1.165) is 10.9 Å². The Morgan fingerprint density at radius 3 is 2.83 bits per heavy atom. The van der Waals surface area contributed by atoms with Gasteiger partial charge in [-0.3, -0.25) is 19.5 Å². The summed E-state index contributed by atoms with van der Waals surface area (Å²) in [7, 11) is 2.05. The van der Waals surface area contributed by atoms with Gasteiger partial charge < -0.3 is 10.6 Å². The second-order valence-electron chi connectivity index (χ2n) is 6.32. The third kappa shape index (κ3) is 3.89. The SMILES string of the molecule is C[C@@H](CNC(=O)C(=O)Nc1ccc2ncccc2c1)N(C)C1CC1. The van der Waals surface area contributed by atoms with Gasteiger partial charge in [0.25, 0.3) is 0 Å². The average Bonchev–Trinajstić information content (AvgIpc) is 3.43. The Balaban J connectivity index is 1.54. The van der Waals surface area contributed by atoms with Crippen molar-refractivity contribution in [3.05, 3.63) is 36.5 Å². The first-order chi connectivity index (χ1) is 11.5. The molecule has 24 heavy (non-hydrogen) atoms. The number of nitrogens with one attached hydrogen (secondary N) is 2. The molecule has 1 heterocycles. The summed E-state index contributed by atoms with van der Waals surface area (Å²) in [5.74, 6) is -1.27. The summed E-state index contributed by atoms with van der Waals surface area (Å²) >= 11 is 0. The fourth-order valence-electron chi connectivity index (χ4n) is 2.65. The van der Waals surface area contributed by atoms with Crippen molar-refractivity contribution in [3.63, 3.8) is 0 Å². The highest BCUT2D eigenvalue weighted by Gasteiger charge is 2.29. The first-order valence-corrected chi connectivity index (χ1v) is 8.20. The molecule has 1 aromatic carbocycles. The molecule has 3 rings (SSSR count). The minimum atomic E-state index is -0.653. The van der Waals surface area contributed by atoms with Crippen molar-refractivity contribution in [2.45, 2.75) is 31.8 Å². The summed E-state index contributed by atoms with van der Waals surface area (Å²) in [6, 6.07) is 9.93. The number of aromatic nitrogens is 1. The highest BCUT2D eigenvalue weighted by molar-refractivity contribution is 6.39. The van der Waals surface area contributed by atoms with Crippen LogP contribution in [0.3, 0.4) is 0 Å². The van der Waals surface area contributed by atoms with Gasteiger partial charge in [0.2, 0.25) is 0 Å². The molecule has 1 atom stereocenters. The number of hydrogen-bond donors (Lipinski definition) is 2. The molecule has 2 N–H and O–H groups in total. The normalized spacial score (nSPS) is 15.3. The Morgan fingerprint density at radius 2 is 2.08 bits per heavy atom. The Hall–Kier alpha value is -2.47. The lowest BCUT2D eigenvalue weighted by Gasteiger charge is -2.24. The first-order valence-electron chi connectivity index (χ1n) is 8.20. The quantitative estimate of drug-likeness (QED) is 0.821. The molecule has 0 aliphatic heterocycles. The number of benzene rings is 1. The Labute approximate surface area is 141 Å². The highest BCUT2D eigenvalue weighted by Crippen LogP contribution is 2.26. The van der Waals surface area contributed by atoms with Gasteiger partial charge >= 0.3 is 11.8 Å². The maximum absolute atomic E-state index is 12.0. The molecule has 126 valence electrons. The van der Waals surface area contributed by atoms with E-state index in [4.69, 9.17) is 0 Å². The van der Waals surface area contributed by atoms with Gasteiger partial charge in [-0.25, -0.2) is 0 Å². The fraction of sp³-hybridized carbons (Fsp3) is 0.389. The molecular weight excluding hydrogens is 304 g/mol. The van der Waals surface area contributed by atoms with Crippen LogP contribution < -0.4 is 10.6 Å². The van der Waals surface area contributed by atoms with Gasteiger partial charge in [0.15, 0.2) is 0 Å². The molecule has 6 nitrogen and oxygen atoms in total. The molecule has 2 aromatic rings. The zero-order chi connectivity index (χ0) is 17.1. The maximum Gasteiger partial charge on any atom is 0.313 e. The number of hydrogen-bond acceptors (Lipinski definition) is 4. The van der Waals surface area contributed by atoms with Crippen molar-refractivity contribution in [1.82, 2.24) is 15.2 Å². The van der Waals surface area contributed by atoms with Crippen molar-refractivity contribution < 1.29 is 9.59 Å². The van der Waals surface area contributed by atoms with Gasteiger partial charge in [0.1, 0.15) is 0 Å². The molecule has 0 radical (unpaired) electrons. The van der Waals surface area contributed by atoms with Gasteiger partial charge in [-0.2, -0.15) is 0 Å². The third-order valence-electron chi connectivity index (χ3n) is 4.44. The molecular formula is C18H22N4O2. The van der Waals surface area contributed by atoms with Gasteiger partial charge in [-0.05, 0) is 51.1 Å². The molecule has 1 fully saturated rings. The van der Waals surface area contributed by atoms with Crippen LogP contribution >= 0.6 is 0 Å². The molecule has 6 heteroatoms. The minimum Gasteiger partial charge on any atom is -0.346 e. The van der Waals surface area contributed by atoms with Crippen LogP contribution in [0.25, 0.3) is 10.9 Å². The van der Waals surface area contributed by atoms with Crippen molar-refractivity contribution >= 4 is 28.4 Å². The monoisotopic (exact) mass is 326 g/mol. The van der Waals surface area contributed by atoms with Gasteiger partial charge in [0, 0.05) is 35.9 Å². The predicted octanol–water partition coefficient (Wildman–Crippen LogP) is 1.77. The minimum absolute atomic E-state index is 0.209. The Bertz CT molecular complexity index is 758. The van der Waals surface area contributed by atoms with Crippen LogP contribution in [0.5, 0.6) is 0 Å². The van der Waals surface area contributed by atoms with E-state index in [0.29, 0.717) is 18.3 Å². The van der Waals surface area contributed by atoms with Gasteiger partial charge in [0.05, 0.1) is 5.52 Å². The van der Waals surface area contributed by atoms with E-state index in [1.807, 2.05) is 25.1 Å². The van der Waals surface area contributed by atoms with Crippen LogP contribution in [0.1, 0.15) is 19.8 Å². The van der Waals surface area contributed by atoms with Crippen LogP contribution in [0, 0.1) is 0 Å². The first kappa shape index (κ1) is 16.4. The van der Waals surface area contributed by atoms with Gasteiger partial charge in [-0.15, -0.1) is 0 Å². The molecule has 0 bridgehead atoms. The highest BCUT2D eigenvalue weighted by atomic mass is 16.2. The number of pyridine rings is 1. The van der Waals surface area contributed by atoms with Crippen LogP contribution in [-0.4, -0.2) is 47.4 Å². The van der Waals surface area contributed by atoms with Gasteiger partial charge in [-0.1, -0.05) is 6.07 Å². The fourth-order valence-corrected chi connectivity index (χ4v) is 2.65. The van der Waals surface area contributed by atoms with Crippen molar-refractivity contribution in [1.29, 1.82) is 0 Å². The smallest absolute Gasteiger partial charge is 0.313 e. The topological polar surface area (TPSA) is 74.3 Å². The van der Waals surface area contributed by atoms with E-state index in [2.05, 4.69) is 27.6 Å². The lowest BCUT2D eigenvalue weighted by Crippen LogP contribution is -2.44. The molecule has 0 saturated heterocycles. The molecule has 2 amide bonds. The van der Waals surface area contributed by atoms with E-state index in [-0.39, 0.29) is 6.04 Å².